The minimum absolute atomic E-state index is 0.338. The van der Waals surface area contributed by atoms with E-state index in [9.17, 15) is 9.59 Å². The highest BCUT2D eigenvalue weighted by molar-refractivity contribution is 5.66. The van der Waals surface area contributed by atoms with E-state index in [2.05, 4.69) is 4.74 Å². The molecule has 4 nitrogen and oxygen atoms in total. The Morgan fingerprint density at radius 2 is 1.91 bits per heavy atom. The fourth-order valence-electron chi connectivity index (χ4n) is 0.556. The molecule has 0 aliphatic rings. The molecule has 0 saturated heterocycles. The topological polar surface area (TPSA) is 52.6 Å². The fourth-order valence-corrected chi connectivity index (χ4v) is 0.556. The van der Waals surface area contributed by atoms with Crippen LogP contribution in [-0.4, -0.2) is 24.6 Å². The minimum Gasteiger partial charge on any atom is -0.461 e. The number of carbonyl (C=O) groups is 2. The highest BCUT2D eigenvalue weighted by Crippen LogP contribution is 2.01. The average molecular weight is 160 g/mol. The molecule has 2 atom stereocenters. The second-order valence-electron chi connectivity index (χ2n) is 2.25. The van der Waals surface area contributed by atoms with Crippen molar-refractivity contribution >= 4 is 12.4 Å². The quantitative estimate of drug-likeness (QED) is 0.444. The molecule has 0 aromatic heterocycles. The van der Waals surface area contributed by atoms with Crippen LogP contribution in [0.25, 0.3) is 0 Å². The third kappa shape index (κ3) is 4.36. The number of rotatable bonds is 4. The van der Waals surface area contributed by atoms with Crippen molar-refractivity contribution in [2.75, 3.05) is 0 Å². The Morgan fingerprint density at radius 3 is 2.27 bits per heavy atom. The predicted octanol–water partition coefficient (Wildman–Crippen LogP) is 0.500. The van der Waals surface area contributed by atoms with Crippen molar-refractivity contribution in [3.05, 3.63) is 0 Å². The Kier molecular flexibility index (Phi) is 4.26. The van der Waals surface area contributed by atoms with E-state index in [4.69, 9.17) is 4.74 Å². The molecule has 0 saturated carbocycles. The molecule has 64 valence electrons. The van der Waals surface area contributed by atoms with E-state index in [0.717, 1.165) is 0 Å². The maximum Gasteiger partial charge on any atom is 0.303 e. The summed E-state index contributed by atoms with van der Waals surface area (Å²) in [4.78, 5) is 20.2. The zero-order valence-electron chi connectivity index (χ0n) is 6.87. The SMILES string of the molecule is CC(=O)O[C@@H](C)[C@@H](C)OC=O. The summed E-state index contributed by atoms with van der Waals surface area (Å²) in [6.07, 6.45) is -0.783. The number of carbonyl (C=O) groups excluding carboxylic acids is 2. The fraction of sp³-hybridized carbons (Fsp3) is 0.714. The Hall–Kier alpha value is -1.06. The summed E-state index contributed by atoms with van der Waals surface area (Å²) < 4.78 is 9.29. The van der Waals surface area contributed by atoms with Crippen LogP contribution in [0.15, 0.2) is 0 Å². The lowest BCUT2D eigenvalue weighted by Crippen LogP contribution is -2.27. The Labute approximate surface area is 65.5 Å². The Morgan fingerprint density at radius 1 is 1.36 bits per heavy atom. The summed E-state index contributed by atoms with van der Waals surface area (Å²) >= 11 is 0. The van der Waals surface area contributed by atoms with Crippen LogP contribution in [0.2, 0.25) is 0 Å². The van der Waals surface area contributed by atoms with E-state index >= 15 is 0 Å². The van der Waals surface area contributed by atoms with Gasteiger partial charge in [0.1, 0.15) is 12.2 Å². The van der Waals surface area contributed by atoms with Crippen LogP contribution >= 0.6 is 0 Å². The average Bonchev–Trinajstić information content (AvgIpc) is 1.86. The van der Waals surface area contributed by atoms with E-state index in [1.54, 1.807) is 13.8 Å². The first-order chi connectivity index (χ1) is 5.07. The predicted molar refractivity (Wildman–Crippen MR) is 37.8 cm³/mol. The van der Waals surface area contributed by atoms with Crippen molar-refractivity contribution in [1.29, 1.82) is 0 Å². The highest BCUT2D eigenvalue weighted by Gasteiger charge is 2.14. The second-order valence-corrected chi connectivity index (χ2v) is 2.25. The Balaban J connectivity index is 3.71. The van der Waals surface area contributed by atoms with Crippen LogP contribution in [0.3, 0.4) is 0 Å². The molecule has 0 spiro atoms. The highest BCUT2D eigenvalue weighted by atomic mass is 16.6. The molecule has 11 heavy (non-hydrogen) atoms. The van der Waals surface area contributed by atoms with Crippen LogP contribution in [0.4, 0.5) is 0 Å². The summed E-state index contributed by atoms with van der Waals surface area (Å²) in [5, 5.41) is 0. The molecule has 0 N–H and O–H groups in total. The molecule has 0 fully saturated rings. The van der Waals surface area contributed by atoms with Crippen molar-refractivity contribution < 1.29 is 19.1 Å². The van der Waals surface area contributed by atoms with Gasteiger partial charge in [0.15, 0.2) is 0 Å². The molecule has 0 heterocycles. The van der Waals surface area contributed by atoms with Gasteiger partial charge in [-0.1, -0.05) is 0 Å². The van der Waals surface area contributed by atoms with Gasteiger partial charge in [-0.3, -0.25) is 9.59 Å². The normalized spacial score (nSPS) is 14.8. The van der Waals surface area contributed by atoms with Crippen molar-refractivity contribution in [2.45, 2.75) is 33.0 Å². The summed E-state index contributed by atoms with van der Waals surface area (Å²) in [6, 6.07) is 0. The van der Waals surface area contributed by atoms with Crippen LogP contribution < -0.4 is 0 Å². The van der Waals surface area contributed by atoms with Gasteiger partial charge in [-0.05, 0) is 13.8 Å². The van der Waals surface area contributed by atoms with Crippen molar-refractivity contribution in [1.82, 2.24) is 0 Å². The van der Waals surface area contributed by atoms with Gasteiger partial charge >= 0.3 is 5.97 Å². The lowest BCUT2D eigenvalue weighted by molar-refractivity contribution is -0.156. The molecule has 0 rings (SSSR count). The molecule has 0 aromatic rings. The van der Waals surface area contributed by atoms with Gasteiger partial charge in [-0.2, -0.15) is 0 Å². The zero-order valence-corrected chi connectivity index (χ0v) is 6.87. The van der Waals surface area contributed by atoms with E-state index in [0.29, 0.717) is 6.47 Å². The molecular weight excluding hydrogens is 148 g/mol. The van der Waals surface area contributed by atoms with Gasteiger partial charge < -0.3 is 9.47 Å². The first kappa shape index (κ1) is 9.94. The summed E-state index contributed by atoms with van der Waals surface area (Å²) in [7, 11) is 0. The van der Waals surface area contributed by atoms with Crippen LogP contribution in [0.5, 0.6) is 0 Å². The summed E-state index contributed by atoms with van der Waals surface area (Å²) in [5.41, 5.74) is 0. The standard InChI is InChI=1S/C7H12O4/c1-5(10-4-8)6(2)11-7(3)9/h4-6H,1-3H3/t5-,6+/m1/s1. The minimum atomic E-state index is -0.392. The first-order valence-corrected chi connectivity index (χ1v) is 3.34. The van der Waals surface area contributed by atoms with E-state index in [1.807, 2.05) is 0 Å². The molecule has 0 radical (unpaired) electrons. The van der Waals surface area contributed by atoms with Gasteiger partial charge in [-0.15, -0.1) is 0 Å². The van der Waals surface area contributed by atoms with Crippen molar-refractivity contribution in [3.8, 4) is 0 Å². The molecule has 0 aromatic carbocycles. The Bertz CT molecular complexity index is 143. The van der Waals surface area contributed by atoms with Gasteiger partial charge in [0.25, 0.3) is 6.47 Å². The molecular formula is C7H12O4. The number of ether oxygens (including phenoxy) is 2. The van der Waals surface area contributed by atoms with Crippen LogP contribution in [0, 0.1) is 0 Å². The van der Waals surface area contributed by atoms with Gasteiger partial charge in [0.2, 0.25) is 0 Å². The lowest BCUT2D eigenvalue weighted by atomic mass is 10.2. The largest absolute Gasteiger partial charge is 0.461 e. The third-order valence-corrected chi connectivity index (χ3v) is 1.28. The lowest BCUT2D eigenvalue weighted by Gasteiger charge is -2.17. The van der Waals surface area contributed by atoms with Gasteiger partial charge in [0.05, 0.1) is 0 Å². The second kappa shape index (κ2) is 4.71. The summed E-state index contributed by atoms with van der Waals surface area (Å²) in [6.45, 7) is 4.96. The monoisotopic (exact) mass is 160 g/mol. The van der Waals surface area contributed by atoms with Crippen molar-refractivity contribution in [3.63, 3.8) is 0 Å². The van der Waals surface area contributed by atoms with E-state index in [1.165, 1.54) is 6.92 Å². The maximum absolute atomic E-state index is 10.4. The van der Waals surface area contributed by atoms with E-state index < -0.39 is 12.2 Å². The van der Waals surface area contributed by atoms with E-state index in [-0.39, 0.29) is 5.97 Å². The molecule has 4 heteroatoms. The third-order valence-electron chi connectivity index (χ3n) is 1.28. The molecule has 0 aliphatic carbocycles. The number of hydrogen-bond acceptors (Lipinski definition) is 4. The van der Waals surface area contributed by atoms with Crippen LogP contribution in [-0.2, 0) is 19.1 Å². The van der Waals surface area contributed by atoms with Gasteiger partial charge in [-0.25, -0.2) is 0 Å². The molecule has 0 bridgehead atoms. The molecule has 0 aliphatic heterocycles. The number of hydrogen-bond donors (Lipinski definition) is 0. The van der Waals surface area contributed by atoms with Crippen LogP contribution in [0.1, 0.15) is 20.8 Å². The number of esters is 1. The van der Waals surface area contributed by atoms with Crippen molar-refractivity contribution in [2.24, 2.45) is 0 Å². The molecule has 0 unspecified atom stereocenters. The zero-order chi connectivity index (χ0) is 8.85. The maximum atomic E-state index is 10.4. The van der Waals surface area contributed by atoms with Gasteiger partial charge in [0, 0.05) is 6.92 Å². The molecule has 0 amide bonds. The smallest absolute Gasteiger partial charge is 0.303 e. The first-order valence-electron chi connectivity index (χ1n) is 3.34. The summed E-state index contributed by atoms with van der Waals surface area (Å²) in [5.74, 6) is -0.376.